The third-order valence-corrected chi connectivity index (χ3v) is 4.64. The summed E-state index contributed by atoms with van der Waals surface area (Å²) in [6.07, 6.45) is 13.0. The van der Waals surface area contributed by atoms with Crippen LogP contribution in [0.3, 0.4) is 0 Å². The molecule has 22 heavy (non-hydrogen) atoms. The van der Waals surface area contributed by atoms with Crippen molar-refractivity contribution >= 4 is 0 Å². The minimum atomic E-state index is -0.177. The Labute approximate surface area is 139 Å². The van der Waals surface area contributed by atoms with Gasteiger partial charge in [0.1, 0.15) is 0 Å². The van der Waals surface area contributed by atoms with Gasteiger partial charge in [-0.25, -0.2) is 0 Å². The average Bonchev–Trinajstić information content (AvgIpc) is 2.49. The molecule has 0 heterocycles. The van der Waals surface area contributed by atoms with Crippen LogP contribution >= 0.6 is 0 Å². The van der Waals surface area contributed by atoms with Gasteiger partial charge in [0.15, 0.2) is 0 Å². The van der Waals surface area contributed by atoms with E-state index in [1.165, 1.54) is 57.8 Å². The molecule has 0 aromatic rings. The van der Waals surface area contributed by atoms with Crippen LogP contribution in [0.1, 0.15) is 78.1 Å². The van der Waals surface area contributed by atoms with Crippen LogP contribution in [0, 0.1) is 5.92 Å². The third-order valence-electron chi connectivity index (χ3n) is 4.64. The summed E-state index contributed by atoms with van der Waals surface area (Å²) in [5, 5.41) is 13.5. The number of hydrogen-bond donors (Lipinski definition) is 2. The molecule has 0 aromatic carbocycles. The molecular weight excluding hydrogens is 272 g/mol. The van der Waals surface area contributed by atoms with Crippen LogP contribution in [0.4, 0.5) is 0 Å². The second kappa shape index (κ2) is 15.8. The molecule has 0 amide bonds. The molecule has 0 spiro atoms. The standard InChI is InChI=1S/C19H42N2O/c1-5-6-7-8-9-10-11-12-14-18(2)19(22)17-21(4)16-13-15-20-3/h18-20,22H,5-17H2,1-4H3. The maximum atomic E-state index is 10.3. The normalized spacial score (nSPS) is 14.5. The first-order valence-electron chi connectivity index (χ1n) is 9.63. The lowest BCUT2D eigenvalue weighted by Gasteiger charge is -2.24. The average molecular weight is 315 g/mol. The number of aliphatic hydroxyl groups is 1. The van der Waals surface area contributed by atoms with Crippen molar-refractivity contribution in [3.05, 3.63) is 0 Å². The summed E-state index contributed by atoms with van der Waals surface area (Å²) < 4.78 is 0. The Morgan fingerprint density at radius 2 is 1.55 bits per heavy atom. The number of hydrogen-bond acceptors (Lipinski definition) is 3. The molecule has 134 valence electrons. The van der Waals surface area contributed by atoms with E-state index in [1.54, 1.807) is 0 Å². The monoisotopic (exact) mass is 314 g/mol. The number of rotatable bonds is 16. The van der Waals surface area contributed by atoms with Gasteiger partial charge >= 0.3 is 0 Å². The van der Waals surface area contributed by atoms with Gasteiger partial charge < -0.3 is 15.3 Å². The van der Waals surface area contributed by atoms with E-state index in [0.717, 1.165) is 26.1 Å². The number of nitrogens with one attached hydrogen (secondary N) is 1. The van der Waals surface area contributed by atoms with Crippen molar-refractivity contribution in [2.45, 2.75) is 84.2 Å². The highest BCUT2D eigenvalue weighted by Gasteiger charge is 2.15. The van der Waals surface area contributed by atoms with Gasteiger partial charge in [-0.2, -0.15) is 0 Å². The Kier molecular flexibility index (Phi) is 15.7. The SMILES string of the molecule is CCCCCCCCCCC(C)C(O)CN(C)CCCNC. The van der Waals surface area contributed by atoms with Crippen LogP contribution in [0.2, 0.25) is 0 Å². The Bertz CT molecular complexity index is 223. The quantitative estimate of drug-likeness (QED) is 0.422. The first-order valence-corrected chi connectivity index (χ1v) is 9.63. The van der Waals surface area contributed by atoms with E-state index >= 15 is 0 Å². The maximum Gasteiger partial charge on any atom is 0.0692 e. The van der Waals surface area contributed by atoms with E-state index in [0.29, 0.717) is 5.92 Å². The molecule has 0 rings (SSSR count). The Balaban J connectivity index is 3.50. The van der Waals surface area contributed by atoms with Crippen LogP contribution < -0.4 is 5.32 Å². The van der Waals surface area contributed by atoms with Gasteiger partial charge in [0.25, 0.3) is 0 Å². The van der Waals surface area contributed by atoms with E-state index < -0.39 is 0 Å². The molecule has 3 nitrogen and oxygen atoms in total. The first kappa shape index (κ1) is 21.9. The molecule has 0 aliphatic rings. The minimum Gasteiger partial charge on any atom is -0.392 e. The summed E-state index contributed by atoms with van der Waals surface area (Å²) in [7, 11) is 4.10. The van der Waals surface area contributed by atoms with E-state index in [4.69, 9.17) is 0 Å². The predicted octanol–water partition coefficient (Wildman–Crippen LogP) is 4.06. The van der Waals surface area contributed by atoms with Gasteiger partial charge in [0.05, 0.1) is 6.10 Å². The number of aliphatic hydroxyl groups excluding tert-OH is 1. The summed E-state index contributed by atoms with van der Waals surface area (Å²) in [6.45, 7) is 7.39. The fourth-order valence-electron chi connectivity index (χ4n) is 2.91. The first-order chi connectivity index (χ1) is 10.6. The van der Waals surface area contributed by atoms with Crippen molar-refractivity contribution in [3.8, 4) is 0 Å². The zero-order valence-corrected chi connectivity index (χ0v) is 15.7. The lowest BCUT2D eigenvalue weighted by atomic mass is 9.96. The fraction of sp³-hybridized carbons (Fsp3) is 1.00. The molecule has 3 heteroatoms. The fourth-order valence-corrected chi connectivity index (χ4v) is 2.91. The van der Waals surface area contributed by atoms with E-state index in [1.807, 2.05) is 7.05 Å². The molecule has 0 saturated heterocycles. The number of likely N-dealkylation sites (N-methyl/N-ethyl adjacent to an activating group) is 1. The minimum absolute atomic E-state index is 0.177. The molecular formula is C19H42N2O. The van der Waals surface area contributed by atoms with Crippen LogP contribution in [0.15, 0.2) is 0 Å². The molecule has 2 atom stereocenters. The molecule has 0 saturated carbocycles. The largest absolute Gasteiger partial charge is 0.392 e. The smallest absolute Gasteiger partial charge is 0.0692 e. The zero-order chi connectivity index (χ0) is 16.6. The highest BCUT2D eigenvalue weighted by atomic mass is 16.3. The van der Waals surface area contributed by atoms with Crippen molar-refractivity contribution in [2.24, 2.45) is 5.92 Å². The van der Waals surface area contributed by atoms with Gasteiger partial charge in [-0.3, -0.25) is 0 Å². The molecule has 0 radical (unpaired) electrons. The van der Waals surface area contributed by atoms with Crippen molar-refractivity contribution in [2.75, 3.05) is 33.7 Å². The van der Waals surface area contributed by atoms with Crippen LogP contribution in [0.5, 0.6) is 0 Å². The van der Waals surface area contributed by atoms with Crippen LogP contribution in [-0.2, 0) is 0 Å². The summed E-state index contributed by atoms with van der Waals surface area (Å²) in [4.78, 5) is 2.26. The van der Waals surface area contributed by atoms with Gasteiger partial charge in [-0.1, -0.05) is 65.2 Å². The maximum absolute atomic E-state index is 10.3. The van der Waals surface area contributed by atoms with E-state index in [9.17, 15) is 5.11 Å². The zero-order valence-electron chi connectivity index (χ0n) is 15.7. The van der Waals surface area contributed by atoms with Crippen molar-refractivity contribution in [1.29, 1.82) is 0 Å². The van der Waals surface area contributed by atoms with Gasteiger partial charge in [-0.05, 0) is 45.9 Å². The van der Waals surface area contributed by atoms with E-state index in [-0.39, 0.29) is 6.10 Å². The van der Waals surface area contributed by atoms with Gasteiger partial charge in [0.2, 0.25) is 0 Å². The Hall–Kier alpha value is -0.120. The summed E-state index contributed by atoms with van der Waals surface area (Å²) in [5.74, 6) is 0.423. The van der Waals surface area contributed by atoms with Gasteiger partial charge in [0, 0.05) is 6.54 Å². The van der Waals surface area contributed by atoms with Crippen LogP contribution in [-0.4, -0.2) is 49.8 Å². The molecule has 0 fully saturated rings. The number of nitrogens with zero attached hydrogens (tertiary/aromatic N) is 1. The highest BCUT2D eigenvalue weighted by molar-refractivity contribution is 4.69. The molecule has 0 aromatic heterocycles. The van der Waals surface area contributed by atoms with Crippen molar-refractivity contribution < 1.29 is 5.11 Å². The molecule has 2 unspecified atom stereocenters. The highest BCUT2D eigenvalue weighted by Crippen LogP contribution is 2.16. The second-order valence-electron chi connectivity index (χ2n) is 7.03. The Morgan fingerprint density at radius 1 is 0.955 bits per heavy atom. The molecule has 0 aliphatic heterocycles. The van der Waals surface area contributed by atoms with E-state index in [2.05, 4.69) is 31.1 Å². The molecule has 0 bridgehead atoms. The second-order valence-corrected chi connectivity index (χ2v) is 7.03. The topological polar surface area (TPSA) is 35.5 Å². The van der Waals surface area contributed by atoms with Crippen LogP contribution in [0.25, 0.3) is 0 Å². The number of unbranched alkanes of at least 4 members (excludes halogenated alkanes) is 7. The summed E-state index contributed by atoms with van der Waals surface area (Å²) in [5.41, 5.74) is 0. The third kappa shape index (κ3) is 13.5. The molecule has 2 N–H and O–H groups in total. The predicted molar refractivity (Wildman–Crippen MR) is 98.4 cm³/mol. The lowest BCUT2D eigenvalue weighted by Crippen LogP contribution is -2.34. The molecule has 0 aliphatic carbocycles. The lowest BCUT2D eigenvalue weighted by molar-refractivity contribution is 0.0742. The Morgan fingerprint density at radius 3 is 2.14 bits per heavy atom. The van der Waals surface area contributed by atoms with Crippen molar-refractivity contribution in [3.63, 3.8) is 0 Å². The van der Waals surface area contributed by atoms with Crippen molar-refractivity contribution in [1.82, 2.24) is 10.2 Å². The van der Waals surface area contributed by atoms with Gasteiger partial charge in [-0.15, -0.1) is 0 Å². The summed E-state index contributed by atoms with van der Waals surface area (Å²) >= 11 is 0. The summed E-state index contributed by atoms with van der Waals surface area (Å²) in [6, 6.07) is 0.